The minimum absolute atomic E-state index is 0.0197. The molecule has 4 rings (SSSR count). The third-order valence-corrected chi connectivity index (χ3v) is 6.38. The molecule has 0 bridgehead atoms. The molecule has 33 heavy (non-hydrogen) atoms. The van der Waals surface area contributed by atoms with Gasteiger partial charge in [-0.2, -0.15) is 0 Å². The van der Waals surface area contributed by atoms with Crippen molar-refractivity contribution >= 4 is 33.9 Å². The van der Waals surface area contributed by atoms with Crippen LogP contribution < -0.4 is 14.4 Å². The van der Waals surface area contributed by atoms with Gasteiger partial charge >= 0.3 is 5.91 Å². The largest absolute Gasteiger partial charge is 0.507 e. The number of aromatic nitrogens is 2. The van der Waals surface area contributed by atoms with Crippen molar-refractivity contribution < 1.29 is 24.2 Å². The Kier molecular flexibility index (Phi) is 5.90. The van der Waals surface area contributed by atoms with Crippen LogP contribution in [0, 0.1) is 20.8 Å². The highest BCUT2D eigenvalue weighted by Crippen LogP contribution is 2.45. The van der Waals surface area contributed by atoms with Crippen molar-refractivity contribution in [3.05, 3.63) is 69.2 Å². The Balaban J connectivity index is 1.99. The number of amides is 1. The third-order valence-electron chi connectivity index (χ3n) is 5.54. The molecule has 1 N–H and O–H groups in total. The van der Waals surface area contributed by atoms with Crippen molar-refractivity contribution in [2.45, 2.75) is 26.8 Å². The Morgan fingerprint density at radius 1 is 1.00 bits per heavy atom. The van der Waals surface area contributed by atoms with E-state index in [-0.39, 0.29) is 16.5 Å². The maximum absolute atomic E-state index is 13.3. The summed E-state index contributed by atoms with van der Waals surface area (Å²) >= 11 is 1.19. The van der Waals surface area contributed by atoms with Crippen LogP contribution in [0.4, 0.5) is 5.13 Å². The molecule has 1 aromatic heterocycles. The van der Waals surface area contributed by atoms with Crippen LogP contribution in [-0.4, -0.2) is 41.2 Å². The second kappa shape index (κ2) is 8.67. The predicted octanol–water partition coefficient (Wildman–Crippen LogP) is 4.11. The van der Waals surface area contributed by atoms with Gasteiger partial charge in [0.15, 0.2) is 11.5 Å². The molecule has 0 saturated carbocycles. The highest BCUT2D eigenvalue weighted by Gasteiger charge is 2.48. The van der Waals surface area contributed by atoms with E-state index in [0.29, 0.717) is 27.6 Å². The number of rotatable bonds is 5. The lowest BCUT2D eigenvalue weighted by Gasteiger charge is -2.23. The molecule has 0 spiro atoms. The van der Waals surface area contributed by atoms with Crippen LogP contribution in [0.15, 0.2) is 42.0 Å². The summed E-state index contributed by atoms with van der Waals surface area (Å²) in [4.78, 5) is 27.7. The Bertz CT molecular complexity index is 1300. The third kappa shape index (κ3) is 3.84. The molecule has 1 aliphatic rings. The van der Waals surface area contributed by atoms with E-state index in [4.69, 9.17) is 9.47 Å². The van der Waals surface area contributed by atoms with Gasteiger partial charge in [-0.1, -0.05) is 35.1 Å². The summed E-state index contributed by atoms with van der Waals surface area (Å²) in [6, 6.07) is 9.76. The van der Waals surface area contributed by atoms with Crippen LogP contribution in [0.3, 0.4) is 0 Å². The Morgan fingerprint density at radius 2 is 1.73 bits per heavy atom. The van der Waals surface area contributed by atoms with Gasteiger partial charge in [-0.25, -0.2) is 0 Å². The highest BCUT2D eigenvalue weighted by molar-refractivity contribution is 7.15. The second-order valence-electron chi connectivity index (χ2n) is 7.71. The molecule has 1 fully saturated rings. The predicted molar refractivity (Wildman–Crippen MR) is 125 cm³/mol. The number of aliphatic hydroxyl groups is 1. The van der Waals surface area contributed by atoms with E-state index in [0.717, 1.165) is 11.1 Å². The molecule has 1 atom stereocenters. The summed E-state index contributed by atoms with van der Waals surface area (Å²) in [6.07, 6.45) is 0. The Morgan fingerprint density at radius 3 is 2.36 bits per heavy atom. The molecule has 1 amide bonds. The van der Waals surface area contributed by atoms with Gasteiger partial charge in [0, 0.05) is 5.56 Å². The number of carbonyl (C=O) groups is 2. The van der Waals surface area contributed by atoms with Gasteiger partial charge in [-0.3, -0.25) is 14.5 Å². The van der Waals surface area contributed by atoms with E-state index in [1.54, 1.807) is 31.2 Å². The molecule has 1 unspecified atom stereocenters. The monoisotopic (exact) mass is 465 g/mol. The van der Waals surface area contributed by atoms with Crippen molar-refractivity contribution in [1.29, 1.82) is 0 Å². The molecule has 170 valence electrons. The molecular weight excluding hydrogens is 442 g/mol. The van der Waals surface area contributed by atoms with E-state index >= 15 is 0 Å². The first-order valence-electron chi connectivity index (χ1n) is 10.2. The molecule has 1 aliphatic heterocycles. The molecule has 2 aromatic carbocycles. The molecule has 0 radical (unpaired) electrons. The van der Waals surface area contributed by atoms with Gasteiger partial charge in [0.2, 0.25) is 5.13 Å². The fraction of sp³-hybridized carbons (Fsp3) is 0.250. The van der Waals surface area contributed by atoms with E-state index < -0.39 is 17.7 Å². The average molecular weight is 466 g/mol. The van der Waals surface area contributed by atoms with Gasteiger partial charge < -0.3 is 14.6 Å². The molecule has 3 aromatic rings. The standard InChI is InChI=1S/C24H23N3O5S/c1-12-6-7-13(2)16(10-12)21(28)19-20(15-8-9-17(31-4)18(11-15)32-5)27(23(30)22(19)29)24-26-25-14(3)33-24/h6-11,20,28H,1-5H3. The second-order valence-corrected chi connectivity index (χ2v) is 8.87. The van der Waals surface area contributed by atoms with E-state index in [1.807, 2.05) is 26.0 Å². The topological polar surface area (TPSA) is 102 Å². The van der Waals surface area contributed by atoms with Gasteiger partial charge in [-0.05, 0) is 50.1 Å². The van der Waals surface area contributed by atoms with Crippen molar-refractivity contribution in [2.75, 3.05) is 19.1 Å². The number of aryl methyl sites for hydroxylation is 3. The maximum Gasteiger partial charge on any atom is 0.301 e. The number of carbonyl (C=O) groups excluding carboxylic acids is 2. The van der Waals surface area contributed by atoms with Crippen LogP contribution in [-0.2, 0) is 9.59 Å². The summed E-state index contributed by atoms with van der Waals surface area (Å²) in [7, 11) is 3.02. The van der Waals surface area contributed by atoms with E-state index in [2.05, 4.69) is 10.2 Å². The SMILES string of the molecule is COc1ccc(C2C(=C(O)c3cc(C)ccc3C)C(=O)C(=O)N2c2nnc(C)s2)cc1OC. The number of ketones is 1. The summed E-state index contributed by atoms with van der Waals surface area (Å²) in [5, 5.41) is 20.4. The lowest BCUT2D eigenvalue weighted by Crippen LogP contribution is -2.29. The first-order valence-corrected chi connectivity index (χ1v) is 11.0. The highest BCUT2D eigenvalue weighted by atomic mass is 32.1. The fourth-order valence-corrected chi connectivity index (χ4v) is 4.60. The van der Waals surface area contributed by atoms with Crippen LogP contribution in [0.25, 0.3) is 5.76 Å². The van der Waals surface area contributed by atoms with Crippen molar-refractivity contribution in [1.82, 2.24) is 10.2 Å². The van der Waals surface area contributed by atoms with Crippen molar-refractivity contribution in [3.63, 3.8) is 0 Å². The number of nitrogens with zero attached hydrogens (tertiary/aromatic N) is 3. The number of methoxy groups -OCH3 is 2. The molecular formula is C24H23N3O5S. The first-order chi connectivity index (χ1) is 15.8. The van der Waals surface area contributed by atoms with Crippen LogP contribution in [0.2, 0.25) is 0 Å². The normalized spacial score (nSPS) is 17.5. The van der Waals surface area contributed by atoms with Crippen LogP contribution in [0.1, 0.15) is 33.3 Å². The number of aliphatic hydroxyl groups excluding tert-OH is 1. The Labute approximate surface area is 195 Å². The average Bonchev–Trinajstić information content (AvgIpc) is 3.35. The minimum Gasteiger partial charge on any atom is -0.507 e. The summed E-state index contributed by atoms with van der Waals surface area (Å²) in [5.41, 5.74) is 2.73. The lowest BCUT2D eigenvalue weighted by molar-refractivity contribution is -0.132. The zero-order valence-electron chi connectivity index (χ0n) is 18.9. The number of hydrogen-bond acceptors (Lipinski definition) is 8. The van der Waals surface area contributed by atoms with E-state index in [1.165, 1.54) is 30.5 Å². The number of hydrogen-bond donors (Lipinski definition) is 1. The summed E-state index contributed by atoms with van der Waals surface area (Å²) in [5.74, 6) is -0.878. The zero-order chi connectivity index (χ0) is 23.9. The van der Waals surface area contributed by atoms with Gasteiger partial charge in [-0.15, -0.1) is 10.2 Å². The van der Waals surface area contributed by atoms with Gasteiger partial charge in [0.25, 0.3) is 5.78 Å². The molecule has 9 heteroatoms. The lowest BCUT2D eigenvalue weighted by atomic mass is 9.93. The fourth-order valence-electron chi connectivity index (χ4n) is 3.89. The van der Waals surface area contributed by atoms with Gasteiger partial charge in [0.05, 0.1) is 25.8 Å². The molecule has 8 nitrogen and oxygen atoms in total. The number of Topliss-reactive ketones (excluding diaryl/α,β-unsaturated/α-hetero) is 1. The number of anilines is 1. The number of ether oxygens (including phenoxy) is 2. The van der Waals surface area contributed by atoms with Crippen LogP contribution >= 0.6 is 11.3 Å². The van der Waals surface area contributed by atoms with E-state index in [9.17, 15) is 14.7 Å². The molecule has 2 heterocycles. The molecule has 0 aliphatic carbocycles. The quantitative estimate of drug-likeness (QED) is 0.344. The number of benzene rings is 2. The molecule has 1 saturated heterocycles. The summed E-state index contributed by atoms with van der Waals surface area (Å²) in [6.45, 7) is 5.49. The zero-order valence-corrected chi connectivity index (χ0v) is 19.7. The smallest absolute Gasteiger partial charge is 0.301 e. The maximum atomic E-state index is 13.3. The van der Waals surface area contributed by atoms with Gasteiger partial charge in [0.1, 0.15) is 10.8 Å². The van der Waals surface area contributed by atoms with Crippen molar-refractivity contribution in [2.24, 2.45) is 0 Å². The minimum atomic E-state index is -0.919. The van der Waals surface area contributed by atoms with Crippen LogP contribution in [0.5, 0.6) is 11.5 Å². The Hall–Kier alpha value is -3.72. The van der Waals surface area contributed by atoms with Crippen molar-refractivity contribution in [3.8, 4) is 11.5 Å². The first kappa shape index (κ1) is 22.5. The summed E-state index contributed by atoms with van der Waals surface area (Å²) < 4.78 is 10.8.